The highest BCUT2D eigenvalue weighted by Gasteiger charge is 2.16. The molecule has 0 atom stereocenters. The number of halogens is 1. The molecule has 2 aromatic carbocycles. The molecule has 6 heteroatoms. The van der Waals surface area contributed by atoms with Gasteiger partial charge in [-0.25, -0.2) is 9.18 Å². The molecule has 0 fully saturated rings. The normalized spacial score (nSPS) is 10.7. The number of nitrogens with zero attached hydrogens (tertiary/aromatic N) is 1. The Labute approximate surface area is 150 Å². The Bertz CT molecular complexity index is 866. The first-order chi connectivity index (χ1) is 12.5. The van der Waals surface area contributed by atoms with Crippen molar-refractivity contribution in [1.82, 2.24) is 0 Å². The van der Waals surface area contributed by atoms with E-state index >= 15 is 0 Å². The van der Waals surface area contributed by atoms with Gasteiger partial charge in [-0.3, -0.25) is 4.79 Å². The van der Waals surface area contributed by atoms with Gasteiger partial charge in [0, 0.05) is 0 Å². The van der Waals surface area contributed by atoms with Crippen LogP contribution in [0, 0.1) is 17.1 Å². The van der Waals surface area contributed by atoms with Crippen LogP contribution < -0.4 is 4.74 Å². The Kier molecular flexibility index (Phi) is 6.63. The van der Waals surface area contributed by atoms with Crippen molar-refractivity contribution in [2.24, 2.45) is 0 Å². The lowest BCUT2D eigenvalue weighted by molar-refractivity contribution is -0.137. The van der Waals surface area contributed by atoms with Gasteiger partial charge >= 0.3 is 5.97 Å². The maximum absolute atomic E-state index is 13.5. The van der Waals surface area contributed by atoms with Gasteiger partial charge in [0.25, 0.3) is 0 Å². The SMILES string of the molecule is CCOc1ccc(/C=C(\C#N)C(=O)OCC(=O)c2ccccc2F)cc1. The zero-order valence-corrected chi connectivity index (χ0v) is 14.1. The van der Waals surface area contributed by atoms with Crippen LogP contribution in [0.2, 0.25) is 0 Å². The Hall–Kier alpha value is -3.46. The van der Waals surface area contributed by atoms with Crippen molar-refractivity contribution >= 4 is 17.8 Å². The van der Waals surface area contributed by atoms with Crippen LogP contribution in [0.25, 0.3) is 6.08 Å². The van der Waals surface area contributed by atoms with Gasteiger partial charge in [-0.05, 0) is 42.8 Å². The van der Waals surface area contributed by atoms with E-state index in [2.05, 4.69) is 0 Å². The second-order valence-corrected chi connectivity index (χ2v) is 5.15. The molecule has 0 heterocycles. The van der Waals surface area contributed by atoms with Crippen molar-refractivity contribution in [2.75, 3.05) is 13.2 Å². The number of rotatable bonds is 7. The number of nitriles is 1. The molecule has 0 aliphatic heterocycles. The number of carbonyl (C=O) groups excluding carboxylic acids is 2. The molecular weight excluding hydrogens is 337 g/mol. The van der Waals surface area contributed by atoms with Crippen molar-refractivity contribution in [3.8, 4) is 11.8 Å². The fourth-order valence-electron chi connectivity index (χ4n) is 2.10. The third-order valence-corrected chi connectivity index (χ3v) is 3.35. The lowest BCUT2D eigenvalue weighted by atomic mass is 10.1. The van der Waals surface area contributed by atoms with E-state index in [0.717, 1.165) is 6.07 Å². The summed E-state index contributed by atoms with van der Waals surface area (Å²) in [6.45, 7) is 1.74. The average molecular weight is 353 g/mol. The topological polar surface area (TPSA) is 76.4 Å². The molecule has 2 aromatic rings. The smallest absolute Gasteiger partial charge is 0.349 e. The molecule has 0 unspecified atom stereocenters. The minimum absolute atomic E-state index is 0.172. The zero-order chi connectivity index (χ0) is 18.9. The average Bonchev–Trinajstić information content (AvgIpc) is 2.65. The van der Waals surface area contributed by atoms with Crippen molar-refractivity contribution in [3.63, 3.8) is 0 Å². The molecular formula is C20H16FNO4. The van der Waals surface area contributed by atoms with Crippen molar-refractivity contribution in [3.05, 3.63) is 71.0 Å². The van der Waals surface area contributed by atoms with E-state index < -0.39 is 24.2 Å². The number of ketones is 1. The lowest BCUT2D eigenvalue weighted by Crippen LogP contribution is -2.16. The molecule has 0 saturated heterocycles. The Morgan fingerprint density at radius 1 is 1.15 bits per heavy atom. The Morgan fingerprint density at radius 3 is 2.46 bits per heavy atom. The quantitative estimate of drug-likeness (QED) is 0.329. The highest BCUT2D eigenvalue weighted by Crippen LogP contribution is 2.15. The number of Topliss-reactive ketones (excluding diaryl/α,β-unsaturated/α-hetero) is 1. The molecule has 0 saturated carbocycles. The second kappa shape index (κ2) is 9.14. The fraction of sp³-hybridized carbons (Fsp3) is 0.150. The van der Waals surface area contributed by atoms with Crippen molar-refractivity contribution in [1.29, 1.82) is 5.26 Å². The standard InChI is InChI=1S/C20H16FNO4/c1-2-25-16-9-7-14(8-10-16)11-15(12-22)20(24)26-13-19(23)17-5-3-4-6-18(17)21/h3-11H,2,13H2,1H3/b15-11+. The van der Waals surface area contributed by atoms with Crippen LogP contribution in [-0.4, -0.2) is 25.0 Å². The predicted molar refractivity (Wildman–Crippen MR) is 92.9 cm³/mol. The lowest BCUT2D eigenvalue weighted by Gasteiger charge is -2.05. The molecule has 0 bridgehead atoms. The maximum Gasteiger partial charge on any atom is 0.349 e. The number of benzene rings is 2. The Morgan fingerprint density at radius 2 is 1.85 bits per heavy atom. The van der Waals surface area contributed by atoms with Gasteiger partial charge in [0.15, 0.2) is 6.61 Å². The van der Waals surface area contributed by atoms with Crippen molar-refractivity contribution in [2.45, 2.75) is 6.92 Å². The highest BCUT2D eigenvalue weighted by molar-refractivity contribution is 6.02. The number of hydrogen-bond acceptors (Lipinski definition) is 5. The molecule has 2 rings (SSSR count). The van der Waals surface area contributed by atoms with E-state index in [4.69, 9.17) is 14.7 Å². The summed E-state index contributed by atoms with van der Waals surface area (Å²) in [6.07, 6.45) is 1.34. The van der Waals surface area contributed by atoms with Gasteiger partial charge in [0.05, 0.1) is 12.2 Å². The third-order valence-electron chi connectivity index (χ3n) is 3.35. The maximum atomic E-state index is 13.5. The largest absolute Gasteiger partial charge is 0.494 e. The summed E-state index contributed by atoms with van der Waals surface area (Å²) in [6, 6.07) is 13.9. The summed E-state index contributed by atoms with van der Waals surface area (Å²) in [5, 5.41) is 9.13. The highest BCUT2D eigenvalue weighted by atomic mass is 19.1. The van der Waals surface area contributed by atoms with Crippen LogP contribution in [0.1, 0.15) is 22.8 Å². The summed E-state index contributed by atoms with van der Waals surface area (Å²) in [5.41, 5.74) is 0.159. The third kappa shape index (κ3) is 5.02. The molecule has 0 aromatic heterocycles. The summed E-state index contributed by atoms with van der Waals surface area (Å²) in [5.74, 6) is -1.67. The molecule has 5 nitrogen and oxygen atoms in total. The fourth-order valence-corrected chi connectivity index (χ4v) is 2.10. The molecule has 0 amide bonds. The van der Waals surface area contributed by atoms with Gasteiger partial charge < -0.3 is 9.47 Å². The van der Waals surface area contributed by atoms with Crippen LogP contribution in [0.3, 0.4) is 0 Å². The van der Waals surface area contributed by atoms with Gasteiger partial charge in [-0.1, -0.05) is 24.3 Å². The Balaban J connectivity index is 2.03. The summed E-state index contributed by atoms with van der Waals surface area (Å²) in [7, 11) is 0. The molecule has 0 radical (unpaired) electrons. The van der Waals surface area contributed by atoms with Gasteiger partial charge in [0.2, 0.25) is 5.78 Å². The summed E-state index contributed by atoms with van der Waals surface area (Å²) >= 11 is 0. The second-order valence-electron chi connectivity index (χ2n) is 5.15. The zero-order valence-electron chi connectivity index (χ0n) is 14.1. The van der Waals surface area contributed by atoms with E-state index in [1.54, 1.807) is 30.3 Å². The summed E-state index contributed by atoms with van der Waals surface area (Å²) in [4.78, 5) is 23.9. The minimum atomic E-state index is -0.953. The first-order valence-corrected chi connectivity index (χ1v) is 7.84. The molecule has 132 valence electrons. The molecule has 0 N–H and O–H groups in total. The number of hydrogen-bond donors (Lipinski definition) is 0. The molecule has 26 heavy (non-hydrogen) atoms. The van der Waals surface area contributed by atoms with Gasteiger partial charge in [-0.15, -0.1) is 0 Å². The first kappa shape index (κ1) is 18.9. The summed E-state index contributed by atoms with van der Waals surface area (Å²) < 4.78 is 23.7. The van der Waals surface area contributed by atoms with E-state index in [1.165, 1.54) is 24.3 Å². The van der Waals surface area contributed by atoms with E-state index in [1.807, 2.05) is 6.92 Å². The number of esters is 1. The minimum Gasteiger partial charge on any atom is -0.494 e. The van der Waals surface area contributed by atoms with Crippen LogP contribution in [0.15, 0.2) is 54.1 Å². The van der Waals surface area contributed by atoms with E-state index in [0.29, 0.717) is 17.9 Å². The predicted octanol–water partition coefficient (Wildman–Crippen LogP) is 3.56. The van der Waals surface area contributed by atoms with Crippen LogP contribution in [-0.2, 0) is 9.53 Å². The van der Waals surface area contributed by atoms with Crippen molar-refractivity contribution < 1.29 is 23.5 Å². The van der Waals surface area contributed by atoms with Crippen LogP contribution in [0.5, 0.6) is 5.75 Å². The molecule has 0 spiro atoms. The van der Waals surface area contributed by atoms with E-state index in [9.17, 15) is 14.0 Å². The van der Waals surface area contributed by atoms with Gasteiger partial charge in [0.1, 0.15) is 23.2 Å². The number of ether oxygens (including phenoxy) is 2. The number of carbonyl (C=O) groups is 2. The van der Waals surface area contributed by atoms with Crippen LogP contribution in [0.4, 0.5) is 4.39 Å². The molecule has 0 aliphatic rings. The first-order valence-electron chi connectivity index (χ1n) is 7.84. The van der Waals surface area contributed by atoms with Gasteiger partial charge in [-0.2, -0.15) is 5.26 Å². The van der Waals surface area contributed by atoms with E-state index in [-0.39, 0.29) is 11.1 Å². The van der Waals surface area contributed by atoms with Crippen LogP contribution >= 0.6 is 0 Å². The monoisotopic (exact) mass is 353 g/mol. The molecule has 0 aliphatic carbocycles.